The van der Waals surface area contributed by atoms with E-state index in [1.807, 2.05) is 24.3 Å². The zero-order chi connectivity index (χ0) is 13.3. The van der Waals surface area contributed by atoms with E-state index in [-0.39, 0.29) is 11.3 Å². The van der Waals surface area contributed by atoms with E-state index in [2.05, 4.69) is 15.6 Å². The van der Waals surface area contributed by atoms with Crippen molar-refractivity contribution in [3.8, 4) is 5.69 Å². The molecule has 1 aliphatic carbocycles. The largest absolute Gasteiger partial charge is 0.329 e. The topological polar surface area (TPSA) is 85.8 Å². The Morgan fingerprint density at radius 3 is 2.84 bits per heavy atom. The van der Waals surface area contributed by atoms with Crippen LogP contribution < -0.4 is 11.1 Å². The van der Waals surface area contributed by atoms with Gasteiger partial charge in [0.2, 0.25) is 5.91 Å². The number of nitrogens with one attached hydrogen (secondary N) is 1. The average Bonchev–Trinajstić information content (AvgIpc) is 3.06. The van der Waals surface area contributed by atoms with Crippen molar-refractivity contribution in [2.75, 3.05) is 11.9 Å². The second-order valence-corrected chi connectivity index (χ2v) is 4.80. The molecule has 0 atom stereocenters. The molecule has 2 aromatic rings. The van der Waals surface area contributed by atoms with E-state index >= 15 is 0 Å². The van der Waals surface area contributed by atoms with Crippen LogP contribution in [-0.2, 0) is 4.79 Å². The Balaban J connectivity index is 1.88. The minimum absolute atomic E-state index is 0.0115. The van der Waals surface area contributed by atoms with Gasteiger partial charge in [0, 0.05) is 6.54 Å². The molecule has 6 heteroatoms. The Morgan fingerprint density at radius 1 is 1.42 bits per heavy atom. The number of carbonyl (C=O) groups excluding carboxylic acids is 1. The van der Waals surface area contributed by atoms with Crippen molar-refractivity contribution in [3.05, 3.63) is 36.7 Å². The molecule has 1 aliphatic rings. The summed E-state index contributed by atoms with van der Waals surface area (Å²) in [7, 11) is 0. The lowest BCUT2D eigenvalue weighted by Crippen LogP contribution is -2.31. The van der Waals surface area contributed by atoms with Crippen molar-refractivity contribution in [3.63, 3.8) is 0 Å². The third kappa shape index (κ3) is 2.10. The number of para-hydroxylation sites is 2. The lowest BCUT2D eigenvalue weighted by molar-refractivity contribution is -0.120. The van der Waals surface area contributed by atoms with E-state index in [4.69, 9.17) is 5.73 Å². The van der Waals surface area contributed by atoms with Crippen LogP contribution in [0.3, 0.4) is 0 Å². The molecular weight excluding hydrogens is 242 g/mol. The highest BCUT2D eigenvalue weighted by Crippen LogP contribution is 2.45. The molecule has 1 aromatic heterocycles. The van der Waals surface area contributed by atoms with Crippen molar-refractivity contribution < 1.29 is 4.79 Å². The van der Waals surface area contributed by atoms with Gasteiger partial charge in [-0.3, -0.25) is 4.79 Å². The van der Waals surface area contributed by atoms with Crippen LogP contribution in [0.2, 0.25) is 0 Å². The van der Waals surface area contributed by atoms with Crippen molar-refractivity contribution >= 4 is 11.6 Å². The van der Waals surface area contributed by atoms with Gasteiger partial charge in [-0.15, -0.1) is 5.10 Å². The Kier molecular flexibility index (Phi) is 2.79. The van der Waals surface area contributed by atoms with Crippen molar-refractivity contribution in [2.45, 2.75) is 12.8 Å². The first-order valence-corrected chi connectivity index (χ1v) is 6.22. The van der Waals surface area contributed by atoms with Gasteiger partial charge in [-0.1, -0.05) is 17.3 Å². The molecule has 0 unspecified atom stereocenters. The highest BCUT2D eigenvalue weighted by atomic mass is 16.2. The number of aromatic nitrogens is 3. The standard InChI is InChI=1S/C13H15N5O/c14-9-13(5-6-13)12(19)16-10-3-1-2-4-11(10)18-8-7-15-17-18/h1-4,7-8H,5-6,9,14H2,(H,16,19). The van der Waals surface area contributed by atoms with Crippen molar-refractivity contribution in [1.29, 1.82) is 0 Å². The highest BCUT2D eigenvalue weighted by molar-refractivity contribution is 5.98. The monoisotopic (exact) mass is 257 g/mol. The number of anilines is 1. The molecule has 3 rings (SSSR count). The number of rotatable bonds is 4. The zero-order valence-corrected chi connectivity index (χ0v) is 10.4. The summed E-state index contributed by atoms with van der Waals surface area (Å²) in [5.74, 6) is -0.0115. The molecule has 1 aromatic carbocycles. The maximum Gasteiger partial charge on any atom is 0.231 e. The van der Waals surface area contributed by atoms with Gasteiger partial charge >= 0.3 is 0 Å². The molecule has 0 saturated heterocycles. The van der Waals surface area contributed by atoms with Gasteiger partial charge < -0.3 is 11.1 Å². The molecule has 0 bridgehead atoms. The molecule has 0 spiro atoms. The summed E-state index contributed by atoms with van der Waals surface area (Å²) >= 11 is 0. The number of benzene rings is 1. The quantitative estimate of drug-likeness (QED) is 0.853. The summed E-state index contributed by atoms with van der Waals surface area (Å²) in [6.45, 7) is 0.393. The van der Waals surface area contributed by atoms with E-state index in [1.165, 1.54) is 0 Å². The summed E-state index contributed by atoms with van der Waals surface area (Å²) in [5, 5.41) is 10.7. The summed E-state index contributed by atoms with van der Waals surface area (Å²) in [5.41, 5.74) is 6.81. The average molecular weight is 257 g/mol. The smallest absolute Gasteiger partial charge is 0.231 e. The van der Waals surface area contributed by atoms with Crippen LogP contribution in [0.1, 0.15) is 12.8 Å². The first kappa shape index (κ1) is 11.9. The van der Waals surface area contributed by atoms with Crippen LogP contribution in [0, 0.1) is 5.41 Å². The molecule has 1 heterocycles. The molecule has 1 fully saturated rings. The van der Waals surface area contributed by atoms with Gasteiger partial charge in [-0.2, -0.15) is 0 Å². The predicted octanol–water partition coefficient (Wildman–Crippen LogP) is 0.945. The van der Waals surface area contributed by atoms with Gasteiger partial charge in [-0.25, -0.2) is 4.68 Å². The molecule has 0 radical (unpaired) electrons. The first-order chi connectivity index (χ1) is 9.25. The fraction of sp³-hybridized carbons (Fsp3) is 0.308. The molecule has 19 heavy (non-hydrogen) atoms. The second-order valence-electron chi connectivity index (χ2n) is 4.80. The van der Waals surface area contributed by atoms with Gasteiger partial charge in [-0.05, 0) is 25.0 Å². The van der Waals surface area contributed by atoms with Crippen LogP contribution in [-0.4, -0.2) is 27.4 Å². The minimum atomic E-state index is -0.366. The molecule has 6 nitrogen and oxygen atoms in total. The van der Waals surface area contributed by atoms with Gasteiger partial charge in [0.1, 0.15) is 0 Å². The summed E-state index contributed by atoms with van der Waals surface area (Å²) in [6, 6.07) is 7.49. The van der Waals surface area contributed by atoms with Crippen LogP contribution in [0.25, 0.3) is 5.69 Å². The molecule has 1 amide bonds. The van der Waals surface area contributed by atoms with Crippen LogP contribution in [0.5, 0.6) is 0 Å². The lowest BCUT2D eigenvalue weighted by atomic mass is 10.1. The predicted molar refractivity (Wildman–Crippen MR) is 70.7 cm³/mol. The van der Waals surface area contributed by atoms with Crippen LogP contribution in [0.15, 0.2) is 36.7 Å². The third-order valence-electron chi connectivity index (χ3n) is 3.55. The van der Waals surface area contributed by atoms with Crippen molar-refractivity contribution in [1.82, 2.24) is 15.0 Å². The normalized spacial score (nSPS) is 16.1. The molecule has 1 saturated carbocycles. The molecular formula is C13H15N5O. The maximum atomic E-state index is 12.2. The fourth-order valence-corrected chi connectivity index (χ4v) is 2.05. The summed E-state index contributed by atoms with van der Waals surface area (Å²) in [6.07, 6.45) is 5.06. The number of amides is 1. The van der Waals surface area contributed by atoms with Gasteiger partial charge in [0.05, 0.1) is 29.2 Å². The van der Waals surface area contributed by atoms with Crippen LogP contribution >= 0.6 is 0 Å². The van der Waals surface area contributed by atoms with E-state index in [9.17, 15) is 4.79 Å². The third-order valence-corrected chi connectivity index (χ3v) is 3.55. The number of hydrogen-bond donors (Lipinski definition) is 2. The Labute approximate surface area is 110 Å². The Bertz CT molecular complexity index is 589. The number of carbonyl (C=O) groups is 1. The number of nitrogens with two attached hydrogens (primary N) is 1. The van der Waals surface area contributed by atoms with Crippen molar-refractivity contribution in [2.24, 2.45) is 11.1 Å². The van der Waals surface area contributed by atoms with E-state index in [0.29, 0.717) is 6.54 Å². The van der Waals surface area contributed by atoms with Gasteiger partial charge in [0.15, 0.2) is 0 Å². The Hall–Kier alpha value is -2.21. The second kappa shape index (κ2) is 4.47. The highest BCUT2D eigenvalue weighted by Gasteiger charge is 2.48. The first-order valence-electron chi connectivity index (χ1n) is 6.22. The summed E-state index contributed by atoms with van der Waals surface area (Å²) < 4.78 is 1.62. The number of nitrogens with zero attached hydrogens (tertiary/aromatic N) is 3. The summed E-state index contributed by atoms with van der Waals surface area (Å²) in [4.78, 5) is 12.2. The van der Waals surface area contributed by atoms with Gasteiger partial charge in [0.25, 0.3) is 0 Å². The zero-order valence-electron chi connectivity index (χ0n) is 10.4. The lowest BCUT2D eigenvalue weighted by Gasteiger charge is -2.15. The van der Waals surface area contributed by atoms with E-state index in [1.54, 1.807) is 17.1 Å². The Morgan fingerprint density at radius 2 is 2.21 bits per heavy atom. The van der Waals surface area contributed by atoms with E-state index < -0.39 is 0 Å². The number of hydrogen-bond acceptors (Lipinski definition) is 4. The maximum absolute atomic E-state index is 12.2. The molecule has 0 aliphatic heterocycles. The fourth-order valence-electron chi connectivity index (χ4n) is 2.05. The minimum Gasteiger partial charge on any atom is -0.329 e. The molecule has 98 valence electrons. The van der Waals surface area contributed by atoms with Crippen LogP contribution in [0.4, 0.5) is 5.69 Å². The van der Waals surface area contributed by atoms with E-state index in [0.717, 1.165) is 24.2 Å². The molecule has 3 N–H and O–H groups in total. The SMILES string of the molecule is NCC1(C(=O)Nc2ccccc2-n2ccnn2)CC1.